The van der Waals surface area contributed by atoms with E-state index in [2.05, 4.69) is 9.97 Å². The Morgan fingerprint density at radius 2 is 2.04 bits per heavy atom. The molecule has 3 aromatic rings. The number of hydrogen-bond acceptors (Lipinski definition) is 8. The summed E-state index contributed by atoms with van der Waals surface area (Å²) >= 11 is 2.60. The Balaban J connectivity index is 2.34. The van der Waals surface area contributed by atoms with Gasteiger partial charge >= 0.3 is 11.7 Å². The van der Waals surface area contributed by atoms with Crippen molar-refractivity contribution in [1.82, 2.24) is 19.1 Å². The fraction of sp³-hybridized carbons (Fsp3) is 0.353. The summed E-state index contributed by atoms with van der Waals surface area (Å²) in [6.45, 7) is 1.85. The SMILES string of the molecule is CC[C@@H](Sc1nc(-c2cccs2)nc2c1c(=O)n(C)c(=O)n2C)C(=O)OC. The third-order valence-electron chi connectivity index (χ3n) is 4.10. The molecule has 0 saturated carbocycles. The predicted octanol–water partition coefficient (Wildman–Crippen LogP) is 1.80. The number of fused-ring (bicyclic) bond motifs is 1. The molecule has 3 heterocycles. The molecular weight excluding hydrogens is 388 g/mol. The minimum atomic E-state index is -0.522. The maximum absolute atomic E-state index is 12.8. The Morgan fingerprint density at radius 1 is 1.30 bits per heavy atom. The van der Waals surface area contributed by atoms with Crippen LogP contribution in [-0.4, -0.2) is 37.4 Å². The van der Waals surface area contributed by atoms with E-state index >= 15 is 0 Å². The number of thioether (sulfide) groups is 1. The summed E-state index contributed by atoms with van der Waals surface area (Å²) in [7, 11) is 4.29. The lowest BCUT2D eigenvalue weighted by Crippen LogP contribution is -2.37. The quantitative estimate of drug-likeness (QED) is 0.362. The number of carbonyl (C=O) groups is 1. The summed E-state index contributed by atoms with van der Waals surface area (Å²) in [6.07, 6.45) is 0.503. The molecule has 0 spiro atoms. The Hall–Kier alpha value is -2.46. The molecule has 142 valence electrons. The van der Waals surface area contributed by atoms with Gasteiger partial charge in [-0.3, -0.25) is 18.7 Å². The highest BCUT2D eigenvalue weighted by atomic mass is 32.2. The van der Waals surface area contributed by atoms with E-state index in [0.717, 1.165) is 21.2 Å². The lowest BCUT2D eigenvalue weighted by atomic mass is 10.3. The van der Waals surface area contributed by atoms with E-state index in [9.17, 15) is 14.4 Å². The standard InChI is InChI=1S/C17H18N4O4S2/c1-5-9(16(23)25-4)27-14-11-13(20(2)17(24)21(3)15(11)22)18-12(19-14)10-7-6-8-26-10/h6-9H,5H2,1-4H3/t9-/m1/s1. The summed E-state index contributed by atoms with van der Waals surface area (Å²) in [5.41, 5.74) is -0.726. The minimum Gasteiger partial charge on any atom is -0.468 e. The smallest absolute Gasteiger partial charge is 0.332 e. The molecule has 0 aliphatic heterocycles. The number of thiophene rings is 1. The number of hydrogen-bond donors (Lipinski definition) is 0. The molecule has 0 bridgehead atoms. The van der Waals surface area contributed by atoms with E-state index in [-0.39, 0.29) is 11.0 Å². The topological polar surface area (TPSA) is 96.1 Å². The van der Waals surface area contributed by atoms with Crippen molar-refractivity contribution in [3.63, 3.8) is 0 Å². The fourth-order valence-corrected chi connectivity index (χ4v) is 4.32. The van der Waals surface area contributed by atoms with Crippen LogP contribution < -0.4 is 11.2 Å². The van der Waals surface area contributed by atoms with Crippen LogP contribution >= 0.6 is 23.1 Å². The zero-order chi connectivity index (χ0) is 19.7. The van der Waals surface area contributed by atoms with Crippen LogP contribution in [0.3, 0.4) is 0 Å². The number of aromatic nitrogens is 4. The second-order valence-corrected chi connectivity index (χ2v) is 7.91. The number of rotatable bonds is 5. The number of ether oxygens (including phenoxy) is 1. The van der Waals surface area contributed by atoms with Gasteiger partial charge in [-0.1, -0.05) is 24.8 Å². The van der Waals surface area contributed by atoms with Crippen molar-refractivity contribution in [1.29, 1.82) is 0 Å². The van der Waals surface area contributed by atoms with E-state index in [1.807, 2.05) is 24.4 Å². The summed E-state index contributed by atoms with van der Waals surface area (Å²) in [4.78, 5) is 47.0. The molecule has 0 unspecified atom stereocenters. The van der Waals surface area contributed by atoms with E-state index < -0.39 is 22.5 Å². The first-order valence-electron chi connectivity index (χ1n) is 8.15. The van der Waals surface area contributed by atoms with Gasteiger partial charge in [-0.15, -0.1) is 11.3 Å². The molecule has 3 aromatic heterocycles. The average Bonchev–Trinajstić information content (AvgIpc) is 3.22. The van der Waals surface area contributed by atoms with Crippen LogP contribution in [0, 0.1) is 0 Å². The van der Waals surface area contributed by atoms with Gasteiger partial charge in [0.1, 0.15) is 15.7 Å². The second kappa shape index (κ2) is 7.65. The predicted molar refractivity (Wildman–Crippen MR) is 105 cm³/mol. The van der Waals surface area contributed by atoms with Crippen LogP contribution in [0.5, 0.6) is 0 Å². The molecule has 0 amide bonds. The van der Waals surface area contributed by atoms with Crippen LogP contribution in [0.2, 0.25) is 0 Å². The Labute approximate surface area is 162 Å². The summed E-state index contributed by atoms with van der Waals surface area (Å²) < 4.78 is 7.18. The molecule has 0 aromatic carbocycles. The number of carbonyl (C=O) groups excluding carboxylic acids is 1. The zero-order valence-electron chi connectivity index (χ0n) is 15.3. The lowest BCUT2D eigenvalue weighted by molar-refractivity contribution is -0.140. The maximum Gasteiger partial charge on any atom is 0.332 e. The first-order chi connectivity index (χ1) is 12.9. The van der Waals surface area contributed by atoms with Crippen molar-refractivity contribution >= 4 is 40.1 Å². The monoisotopic (exact) mass is 406 g/mol. The van der Waals surface area contributed by atoms with Gasteiger partial charge in [0.25, 0.3) is 5.56 Å². The first-order valence-corrected chi connectivity index (χ1v) is 9.91. The van der Waals surface area contributed by atoms with Crippen molar-refractivity contribution in [2.45, 2.75) is 23.6 Å². The van der Waals surface area contributed by atoms with Crippen molar-refractivity contribution in [3.8, 4) is 10.7 Å². The molecule has 0 fully saturated rings. The third kappa shape index (κ3) is 3.42. The average molecular weight is 406 g/mol. The van der Waals surface area contributed by atoms with Gasteiger partial charge in [0, 0.05) is 14.1 Å². The van der Waals surface area contributed by atoms with E-state index in [4.69, 9.17) is 4.74 Å². The summed E-state index contributed by atoms with van der Waals surface area (Å²) in [5, 5.41) is 1.94. The highest BCUT2D eigenvalue weighted by Gasteiger charge is 2.24. The van der Waals surface area contributed by atoms with Crippen molar-refractivity contribution < 1.29 is 9.53 Å². The Kier molecular flexibility index (Phi) is 5.47. The molecule has 10 heteroatoms. The molecule has 0 saturated heterocycles. The van der Waals surface area contributed by atoms with Gasteiger partial charge in [-0.05, 0) is 17.9 Å². The highest BCUT2D eigenvalue weighted by Crippen LogP contribution is 2.31. The van der Waals surface area contributed by atoms with E-state index in [1.54, 1.807) is 7.05 Å². The summed E-state index contributed by atoms with van der Waals surface area (Å²) in [6, 6.07) is 3.73. The first kappa shape index (κ1) is 19.3. The number of esters is 1. The van der Waals surface area contributed by atoms with Crippen LogP contribution in [0.1, 0.15) is 13.3 Å². The third-order valence-corrected chi connectivity index (χ3v) is 6.29. The van der Waals surface area contributed by atoms with Crippen LogP contribution in [-0.2, 0) is 23.6 Å². The minimum absolute atomic E-state index is 0.215. The maximum atomic E-state index is 12.8. The van der Waals surface area contributed by atoms with Gasteiger partial charge in [0.15, 0.2) is 11.5 Å². The van der Waals surface area contributed by atoms with Gasteiger partial charge in [0.05, 0.1) is 12.0 Å². The molecule has 8 nitrogen and oxygen atoms in total. The molecule has 3 rings (SSSR count). The Morgan fingerprint density at radius 3 is 2.63 bits per heavy atom. The molecule has 27 heavy (non-hydrogen) atoms. The van der Waals surface area contributed by atoms with Crippen LogP contribution in [0.4, 0.5) is 0 Å². The Bertz CT molecular complexity index is 1120. The number of methoxy groups -OCH3 is 1. The van der Waals surface area contributed by atoms with Gasteiger partial charge in [-0.2, -0.15) is 0 Å². The van der Waals surface area contributed by atoms with Gasteiger partial charge < -0.3 is 4.74 Å². The fourth-order valence-electron chi connectivity index (χ4n) is 2.59. The normalized spacial score (nSPS) is 12.3. The molecule has 0 N–H and O–H groups in total. The highest BCUT2D eigenvalue weighted by molar-refractivity contribution is 8.00. The van der Waals surface area contributed by atoms with Crippen molar-refractivity contribution in [3.05, 3.63) is 38.4 Å². The largest absolute Gasteiger partial charge is 0.468 e. The molecule has 0 aliphatic rings. The van der Waals surface area contributed by atoms with Gasteiger partial charge in [0.2, 0.25) is 0 Å². The van der Waals surface area contributed by atoms with Crippen molar-refractivity contribution in [2.24, 2.45) is 14.1 Å². The molecule has 0 aliphatic carbocycles. The van der Waals surface area contributed by atoms with E-state index in [0.29, 0.717) is 17.3 Å². The number of aryl methyl sites for hydroxylation is 1. The van der Waals surface area contributed by atoms with E-state index in [1.165, 1.54) is 30.1 Å². The summed E-state index contributed by atoms with van der Waals surface area (Å²) in [5.74, 6) is 0.0107. The lowest BCUT2D eigenvalue weighted by Gasteiger charge is -2.15. The molecular formula is C17H18N4O4S2. The van der Waals surface area contributed by atoms with Gasteiger partial charge in [-0.25, -0.2) is 14.8 Å². The van der Waals surface area contributed by atoms with Crippen molar-refractivity contribution in [2.75, 3.05) is 7.11 Å². The van der Waals surface area contributed by atoms with Crippen LogP contribution in [0.25, 0.3) is 21.7 Å². The zero-order valence-corrected chi connectivity index (χ0v) is 16.9. The van der Waals surface area contributed by atoms with Crippen LogP contribution in [0.15, 0.2) is 32.1 Å². The second-order valence-electron chi connectivity index (χ2n) is 5.77. The molecule has 1 atom stereocenters. The number of nitrogens with zero attached hydrogens (tertiary/aromatic N) is 4. The molecule has 0 radical (unpaired) electrons.